The molecular weight excluding hydrogens is 231 g/mol. The van der Waals surface area contributed by atoms with Crippen LogP contribution in [0.3, 0.4) is 0 Å². The van der Waals surface area contributed by atoms with E-state index in [0.717, 1.165) is 12.8 Å². The fourth-order valence-corrected chi connectivity index (χ4v) is 1.36. The van der Waals surface area contributed by atoms with Crippen molar-refractivity contribution in [2.24, 2.45) is 0 Å². The molecular formula is C7H12BrClO2. The lowest BCUT2D eigenvalue weighted by Crippen LogP contribution is -2.14. The fourth-order valence-electron chi connectivity index (χ4n) is 1.22. The molecule has 2 nitrogen and oxygen atoms in total. The quantitative estimate of drug-likeness (QED) is 0.549. The molecule has 0 saturated heterocycles. The standard InChI is InChI=1S/C7H11BrO2.ClH/c8-5-7(9)10-6-3-1-2-4-6;/h6H,1-5H2;1H. The second-order valence-corrected chi connectivity index (χ2v) is 3.09. The van der Waals surface area contributed by atoms with Gasteiger partial charge < -0.3 is 4.74 Å². The van der Waals surface area contributed by atoms with Gasteiger partial charge in [-0.25, -0.2) is 0 Å². The van der Waals surface area contributed by atoms with Crippen molar-refractivity contribution in [2.75, 3.05) is 5.33 Å². The van der Waals surface area contributed by atoms with Crippen LogP contribution >= 0.6 is 28.3 Å². The van der Waals surface area contributed by atoms with E-state index >= 15 is 0 Å². The van der Waals surface area contributed by atoms with Crippen LogP contribution in [0.2, 0.25) is 0 Å². The van der Waals surface area contributed by atoms with Crippen molar-refractivity contribution in [3.63, 3.8) is 0 Å². The van der Waals surface area contributed by atoms with E-state index < -0.39 is 0 Å². The Hall–Kier alpha value is 0.240. The van der Waals surface area contributed by atoms with Crippen LogP contribution in [0.1, 0.15) is 25.7 Å². The third-order valence-electron chi connectivity index (χ3n) is 1.71. The smallest absolute Gasteiger partial charge is 0.316 e. The minimum Gasteiger partial charge on any atom is -0.462 e. The van der Waals surface area contributed by atoms with Gasteiger partial charge in [0.1, 0.15) is 11.4 Å². The molecule has 11 heavy (non-hydrogen) atoms. The van der Waals surface area contributed by atoms with E-state index in [4.69, 9.17) is 4.74 Å². The molecule has 0 heterocycles. The number of esters is 1. The van der Waals surface area contributed by atoms with Gasteiger partial charge in [-0.05, 0) is 25.7 Å². The van der Waals surface area contributed by atoms with E-state index in [1.807, 2.05) is 0 Å². The van der Waals surface area contributed by atoms with Crippen LogP contribution in [0.25, 0.3) is 0 Å². The van der Waals surface area contributed by atoms with Crippen molar-refractivity contribution < 1.29 is 9.53 Å². The van der Waals surface area contributed by atoms with Gasteiger partial charge in [-0.1, -0.05) is 15.9 Å². The maximum atomic E-state index is 10.7. The molecule has 0 amide bonds. The Morgan fingerprint density at radius 2 is 2.00 bits per heavy atom. The summed E-state index contributed by atoms with van der Waals surface area (Å²) in [5.41, 5.74) is 0. The summed E-state index contributed by atoms with van der Waals surface area (Å²) in [5, 5.41) is 0.323. The van der Waals surface area contributed by atoms with Crippen molar-refractivity contribution in [1.29, 1.82) is 0 Å². The molecule has 0 aromatic heterocycles. The lowest BCUT2D eigenvalue weighted by Gasteiger charge is -2.08. The molecule has 1 rings (SSSR count). The first kappa shape index (κ1) is 11.2. The minimum absolute atomic E-state index is 0. The first-order chi connectivity index (χ1) is 4.83. The molecule has 1 aliphatic carbocycles. The Balaban J connectivity index is 0.000001000. The van der Waals surface area contributed by atoms with Crippen LogP contribution in [-0.2, 0) is 9.53 Å². The normalized spacial score (nSPS) is 17.5. The van der Waals surface area contributed by atoms with E-state index in [-0.39, 0.29) is 24.5 Å². The number of ether oxygens (including phenoxy) is 1. The van der Waals surface area contributed by atoms with Crippen LogP contribution < -0.4 is 0 Å². The van der Waals surface area contributed by atoms with Gasteiger partial charge in [-0.15, -0.1) is 12.4 Å². The minimum atomic E-state index is -0.132. The summed E-state index contributed by atoms with van der Waals surface area (Å²) < 4.78 is 5.07. The molecule has 0 radical (unpaired) electrons. The Morgan fingerprint density at radius 1 is 1.45 bits per heavy atom. The van der Waals surface area contributed by atoms with E-state index in [0.29, 0.717) is 5.33 Å². The molecule has 0 aliphatic heterocycles. The Labute approximate surface area is 81.2 Å². The maximum Gasteiger partial charge on any atom is 0.316 e. The highest BCUT2D eigenvalue weighted by Gasteiger charge is 2.17. The predicted molar refractivity (Wildman–Crippen MR) is 49.4 cm³/mol. The summed E-state index contributed by atoms with van der Waals surface area (Å²) >= 11 is 3.05. The fraction of sp³-hybridized carbons (Fsp3) is 0.857. The molecule has 0 bridgehead atoms. The number of halogens is 2. The van der Waals surface area contributed by atoms with Crippen molar-refractivity contribution in [2.45, 2.75) is 31.8 Å². The lowest BCUT2D eigenvalue weighted by molar-refractivity contribution is -0.145. The van der Waals surface area contributed by atoms with Crippen molar-refractivity contribution in [1.82, 2.24) is 0 Å². The zero-order valence-corrected chi connectivity index (χ0v) is 8.62. The van der Waals surface area contributed by atoms with E-state index in [1.54, 1.807) is 0 Å². The Morgan fingerprint density at radius 3 is 2.45 bits per heavy atom. The first-order valence-corrected chi connectivity index (χ1v) is 4.70. The highest BCUT2D eigenvalue weighted by atomic mass is 79.9. The van der Waals surface area contributed by atoms with Crippen molar-refractivity contribution >= 4 is 34.3 Å². The average Bonchev–Trinajstić information content (AvgIpc) is 2.40. The second kappa shape index (κ2) is 5.84. The largest absolute Gasteiger partial charge is 0.462 e. The lowest BCUT2D eigenvalue weighted by atomic mass is 10.3. The van der Waals surface area contributed by atoms with Gasteiger partial charge in [0, 0.05) is 0 Å². The molecule has 0 unspecified atom stereocenters. The Bertz CT molecular complexity index is 124. The second-order valence-electron chi connectivity index (χ2n) is 2.53. The van der Waals surface area contributed by atoms with Crippen LogP contribution in [0, 0.1) is 0 Å². The zero-order valence-electron chi connectivity index (χ0n) is 6.22. The summed E-state index contributed by atoms with van der Waals surface area (Å²) in [6.45, 7) is 0. The number of hydrogen-bond acceptors (Lipinski definition) is 2. The van der Waals surface area contributed by atoms with Gasteiger partial charge in [0.25, 0.3) is 0 Å². The SMILES string of the molecule is Cl.O=C(CBr)OC1CCCC1. The first-order valence-electron chi connectivity index (χ1n) is 3.58. The number of hydrogen-bond donors (Lipinski definition) is 0. The van der Waals surface area contributed by atoms with E-state index in [1.165, 1.54) is 12.8 Å². The summed E-state index contributed by atoms with van der Waals surface area (Å²) in [6, 6.07) is 0. The van der Waals surface area contributed by atoms with E-state index in [9.17, 15) is 4.79 Å². The third-order valence-corrected chi connectivity index (χ3v) is 2.17. The molecule has 1 aliphatic rings. The summed E-state index contributed by atoms with van der Waals surface area (Å²) in [5.74, 6) is -0.132. The van der Waals surface area contributed by atoms with Gasteiger partial charge in [0.15, 0.2) is 0 Å². The molecule has 0 N–H and O–H groups in total. The summed E-state index contributed by atoms with van der Waals surface area (Å²) in [7, 11) is 0. The molecule has 66 valence electrons. The molecule has 4 heteroatoms. The van der Waals surface area contributed by atoms with Crippen LogP contribution in [0.5, 0.6) is 0 Å². The molecule has 0 spiro atoms. The van der Waals surface area contributed by atoms with Crippen LogP contribution in [0.4, 0.5) is 0 Å². The summed E-state index contributed by atoms with van der Waals surface area (Å²) in [4.78, 5) is 10.7. The van der Waals surface area contributed by atoms with Gasteiger partial charge >= 0.3 is 5.97 Å². The molecule has 0 aromatic carbocycles. The maximum absolute atomic E-state index is 10.7. The zero-order chi connectivity index (χ0) is 7.40. The van der Waals surface area contributed by atoms with Gasteiger partial charge in [-0.2, -0.15) is 0 Å². The number of carbonyl (C=O) groups is 1. The van der Waals surface area contributed by atoms with Crippen LogP contribution in [0.15, 0.2) is 0 Å². The predicted octanol–water partition coefficient (Wildman–Crippen LogP) is 2.29. The average molecular weight is 244 g/mol. The van der Waals surface area contributed by atoms with Crippen molar-refractivity contribution in [3.05, 3.63) is 0 Å². The van der Waals surface area contributed by atoms with E-state index in [2.05, 4.69) is 15.9 Å². The summed E-state index contributed by atoms with van der Waals surface area (Å²) in [6.07, 6.45) is 4.74. The molecule has 0 atom stereocenters. The van der Waals surface area contributed by atoms with Crippen LogP contribution in [-0.4, -0.2) is 17.4 Å². The highest BCUT2D eigenvalue weighted by Crippen LogP contribution is 2.20. The van der Waals surface area contributed by atoms with Gasteiger partial charge in [-0.3, -0.25) is 4.79 Å². The van der Waals surface area contributed by atoms with Crippen molar-refractivity contribution in [3.8, 4) is 0 Å². The molecule has 1 saturated carbocycles. The molecule has 1 fully saturated rings. The Kier molecular flexibility index (Phi) is 5.96. The third kappa shape index (κ3) is 3.97. The highest BCUT2D eigenvalue weighted by molar-refractivity contribution is 9.09. The number of rotatable bonds is 2. The molecule has 0 aromatic rings. The topological polar surface area (TPSA) is 26.3 Å². The van der Waals surface area contributed by atoms with Gasteiger partial charge in [0.05, 0.1) is 0 Å². The number of alkyl halides is 1. The van der Waals surface area contributed by atoms with Gasteiger partial charge in [0.2, 0.25) is 0 Å². The number of carbonyl (C=O) groups excluding carboxylic acids is 1. The monoisotopic (exact) mass is 242 g/mol.